The topological polar surface area (TPSA) is 55.1 Å². The molecule has 4 heteroatoms. The van der Waals surface area contributed by atoms with E-state index in [1.807, 2.05) is 45.9 Å². The van der Waals surface area contributed by atoms with Crippen molar-refractivity contribution in [2.75, 3.05) is 16.8 Å². The van der Waals surface area contributed by atoms with Crippen molar-refractivity contribution in [1.82, 2.24) is 0 Å². The maximum Gasteiger partial charge on any atom is 0.234 e. The van der Waals surface area contributed by atoms with Crippen LogP contribution in [0.1, 0.15) is 25.0 Å². The van der Waals surface area contributed by atoms with Crippen LogP contribution in [0.15, 0.2) is 18.2 Å². The molecule has 0 aliphatic heterocycles. The maximum atomic E-state index is 11.8. The summed E-state index contributed by atoms with van der Waals surface area (Å²) < 4.78 is 0. The van der Waals surface area contributed by atoms with Crippen LogP contribution < -0.4 is 11.1 Å². The highest BCUT2D eigenvalue weighted by Crippen LogP contribution is 2.18. The Hall–Kier alpha value is -1.00. The summed E-state index contributed by atoms with van der Waals surface area (Å²) >= 11 is 1.56. The number of anilines is 1. The van der Waals surface area contributed by atoms with E-state index in [1.54, 1.807) is 11.8 Å². The fourth-order valence-electron chi connectivity index (χ4n) is 1.48. The van der Waals surface area contributed by atoms with Gasteiger partial charge in [-0.15, -0.1) is 0 Å². The first-order chi connectivity index (χ1) is 8.29. The molecule has 18 heavy (non-hydrogen) atoms. The molecular formula is C14H22N2OS. The van der Waals surface area contributed by atoms with Crippen molar-refractivity contribution in [3.8, 4) is 0 Å². The molecule has 3 N–H and O–H groups in total. The molecule has 1 amide bonds. The van der Waals surface area contributed by atoms with E-state index in [4.69, 9.17) is 5.73 Å². The number of hydrogen-bond donors (Lipinski definition) is 2. The normalized spacial score (nSPS) is 11.4. The average molecular weight is 266 g/mol. The second kappa shape index (κ2) is 6.25. The molecule has 0 heterocycles. The van der Waals surface area contributed by atoms with Crippen LogP contribution in [-0.4, -0.2) is 23.0 Å². The fraction of sp³-hybridized carbons (Fsp3) is 0.500. The molecule has 3 nitrogen and oxygen atoms in total. The zero-order valence-electron chi connectivity index (χ0n) is 11.5. The van der Waals surface area contributed by atoms with Gasteiger partial charge in [0.2, 0.25) is 5.91 Å². The molecule has 1 aromatic carbocycles. The molecule has 0 unspecified atom stereocenters. The summed E-state index contributed by atoms with van der Waals surface area (Å²) in [6.45, 7) is 7.98. The van der Waals surface area contributed by atoms with Crippen LogP contribution in [0.4, 0.5) is 5.69 Å². The first-order valence-corrected chi connectivity index (χ1v) is 7.18. The summed E-state index contributed by atoms with van der Waals surface area (Å²) in [4.78, 5) is 11.8. The third kappa shape index (κ3) is 5.10. The molecule has 100 valence electrons. The summed E-state index contributed by atoms with van der Waals surface area (Å²) in [5.41, 5.74) is 8.83. The largest absolute Gasteiger partial charge is 0.325 e. The molecule has 0 saturated carbocycles. The van der Waals surface area contributed by atoms with Crippen LogP contribution in [0.5, 0.6) is 0 Å². The number of nitrogens with two attached hydrogens (primary N) is 1. The van der Waals surface area contributed by atoms with Crippen molar-refractivity contribution in [3.05, 3.63) is 29.3 Å². The molecule has 0 fully saturated rings. The quantitative estimate of drug-likeness (QED) is 0.861. The summed E-state index contributed by atoms with van der Waals surface area (Å²) in [6.07, 6.45) is 0. The highest BCUT2D eigenvalue weighted by molar-refractivity contribution is 8.00. The second-order valence-corrected chi connectivity index (χ2v) is 6.26. The minimum atomic E-state index is -0.232. The van der Waals surface area contributed by atoms with Crippen LogP contribution >= 0.6 is 11.8 Å². The number of thioether (sulfide) groups is 1. The number of benzene rings is 1. The molecule has 0 aliphatic carbocycles. The Kier molecular flexibility index (Phi) is 5.23. The first kappa shape index (κ1) is 15.1. The van der Waals surface area contributed by atoms with E-state index in [1.165, 1.54) is 5.56 Å². The highest BCUT2D eigenvalue weighted by atomic mass is 32.2. The van der Waals surface area contributed by atoms with Gasteiger partial charge in [-0.1, -0.05) is 12.1 Å². The van der Waals surface area contributed by atoms with E-state index < -0.39 is 0 Å². The Balaban J connectivity index is 2.48. The minimum absolute atomic E-state index is 0.0259. The number of carbonyl (C=O) groups is 1. The number of nitrogens with one attached hydrogen (secondary N) is 1. The third-order valence-electron chi connectivity index (χ3n) is 2.59. The van der Waals surface area contributed by atoms with Gasteiger partial charge >= 0.3 is 0 Å². The Morgan fingerprint density at radius 3 is 2.67 bits per heavy atom. The van der Waals surface area contributed by atoms with Crippen molar-refractivity contribution in [3.63, 3.8) is 0 Å². The van der Waals surface area contributed by atoms with E-state index in [9.17, 15) is 4.79 Å². The van der Waals surface area contributed by atoms with Gasteiger partial charge in [-0.3, -0.25) is 4.79 Å². The zero-order chi connectivity index (χ0) is 13.8. The van der Waals surface area contributed by atoms with Crippen LogP contribution in [0.3, 0.4) is 0 Å². The summed E-state index contributed by atoms with van der Waals surface area (Å²) in [5.74, 6) is 1.24. The average Bonchev–Trinajstić information content (AvgIpc) is 2.23. The van der Waals surface area contributed by atoms with Crippen LogP contribution in [0.25, 0.3) is 0 Å². The van der Waals surface area contributed by atoms with Crippen molar-refractivity contribution < 1.29 is 4.79 Å². The maximum absolute atomic E-state index is 11.8. The lowest BCUT2D eigenvalue weighted by Crippen LogP contribution is -2.35. The van der Waals surface area contributed by atoms with E-state index in [-0.39, 0.29) is 11.4 Å². The minimum Gasteiger partial charge on any atom is -0.325 e. The standard InChI is InChI=1S/C14H22N2OS/c1-10-6-5-7-12(11(10)2)16-13(17)8-18-9-14(3,4)15/h5-7H,8-9,15H2,1-4H3,(H,16,17). The van der Waals surface area contributed by atoms with E-state index in [0.717, 1.165) is 17.0 Å². The van der Waals surface area contributed by atoms with Gasteiger partial charge in [0.25, 0.3) is 0 Å². The molecule has 0 aliphatic rings. The lowest BCUT2D eigenvalue weighted by atomic mass is 10.1. The van der Waals surface area contributed by atoms with Gasteiger partial charge in [-0.2, -0.15) is 11.8 Å². The Labute approximate surface area is 114 Å². The van der Waals surface area contributed by atoms with Crippen LogP contribution in [0, 0.1) is 13.8 Å². The lowest BCUT2D eigenvalue weighted by Gasteiger charge is -2.17. The molecular weight excluding hydrogens is 244 g/mol. The van der Waals surface area contributed by atoms with Gasteiger partial charge in [0.15, 0.2) is 0 Å². The smallest absolute Gasteiger partial charge is 0.234 e. The molecule has 0 saturated heterocycles. The summed E-state index contributed by atoms with van der Waals surface area (Å²) in [7, 11) is 0. The number of rotatable bonds is 5. The number of hydrogen-bond acceptors (Lipinski definition) is 3. The van der Waals surface area contributed by atoms with Crippen molar-refractivity contribution >= 4 is 23.4 Å². The van der Waals surface area contributed by atoms with Crippen molar-refractivity contribution in [2.45, 2.75) is 33.2 Å². The number of amides is 1. The van der Waals surface area contributed by atoms with Gasteiger partial charge in [-0.25, -0.2) is 0 Å². The molecule has 0 bridgehead atoms. The monoisotopic (exact) mass is 266 g/mol. The SMILES string of the molecule is Cc1cccc(NC(=O)CSCC(C)(C)N)c1C. The molecule has 0 aromatic heterocycles. The molecule has 0 radical (unpaired) electrons. The molecule has 1 aromatic rings. The summed E-state index contributed by atoms with van der Waals surface area (Å²) in [5, 5.41) is 2.94. The Morgan fingerprint density at radius 1 is 1.39 bits per heavy atom. The van der Waals surface area contributed by atoms with Gasteiger partial charge in [0.05, 0.1) is 5.75 Å². The zero-order valence-corrected chi connectivity index (χ0v) is 12.4. The highest BCUT2D eigenvalue weighted by Gasteiger charge is 2.12. The summed E-state index contributed by atoms with van der Waals surface area (Å²) in [6, 6.07) is 5.92. The predicted molar refractivity (Wildman–Crippen MR) is 80.1 cm³/mol. The molecule has 0 spiro atoms. The van der Waals surface area contributed by atoms with E-state index in [0.29, 0.717) is 5.75 Å². The Bertz CT molecular complexity index is 424. The number of aryl methyl sites for hydroxylation is 1. The first-order valence-electron chi connectivity index (χ1n) is 6.02. The predicted octanol–water partition coefficient (Wildman–Crippen LogP) is 2.71. The Morgan fingerprint density at radius 2 is 2.06 bits per heavy atom. The molecule has 0 atom stereocenters. The van der Waals surface area contributed by atoms with Crippen LogP contribution in [0.2, 0.25) is 0 Å². The second-order valence-electron chi connectivity index (χ2n) is 5.28. The fourth-order valence-corrected chi connectivity index (χ4v) is 2.37. The van der Waals surface area contributed by atoms with Gasteiger partial charge in [-0.05, 0) is 44.9 Å². The number of carbonyl (C=O) groups excluding carboxylic acids is 1. The van der Waals surface area contributed by atoms with Crippen molar-refractivity contribution in [1.29, 1.82) is 0 Å². The third-order valence-corrected chi connectivity index (χ3v) is 4.00. The van der Waals surface area contributed by atoms with Gasteiger partial charge in [0, 0.05) is 17.0 Å². The van der Waals surface area contributed by atoms with Gasteiger partial charge < -0.3 is 11.1 Å². The van der Waals surface area contributed by atoms with Crippen LogP contribution in [-0.2, 0) is 4.79 Å². The lowest BCUT2D eigenvalue weighted by molar-refractivity contribution is -0.113. The van der Waals surface area contributed by atoms with E-state index in [2.05, 4.69) is 5.32 Å². The van der Waals surface area contributed by atoms with Crippen molar-refractivity contribution in [2.24, 2.45) is 5.73 Å². The van der Waals surface area contributed by atoms with E-state index >= 15 is 0 Å². The van der Waals surface area contributed by atoms with Gasteiger partial charge in [0.1, 0.15) is 0 Å². The molecule has 1 rings (SSSR count).